The first-order valence-electron chi connectivity index (χ1n) is 5.76. The van der Waals surface area contributed by atoms with Gasteiger partial charge in [-0.1, -0.05) is 0 Å². The predicted molar refractivity (Wildman–Crippen MR) is 68.2 cm³/mol. The Hall–Kier alpha value is -1.55. The molecule has 0 atom stereocenters. The van der Waals surface area contributed by atoms with Crippen LogP contribution in [-0.2, 0) is 4.74 Å². The van der Waals surface area contributed by atoms with Gasteiger partial charge in [-0.2, -0.15) is 0 Å². The van der Waals surface area contributed by atoms with Crippen LogP contribution >= 0.6 is 0 Å². The van der Waals surface area contributed by atoms with Crippen molar-refractivity contribution in [2.45, 2.75) is 26.4 Å². The lowest BCUT2D eigenvalue weighted by Crippen LogP contribution is -2.23. The Morgan fingerprint density at radius 3 is 2.94 bits per heavy atom. The molecule has 0 bridgehead atoms. The highest BCUT2D eigenvalue weighted by molar-refractivity contribution is 5.87. The SMILES string of the molecule is CC(C)(C)OCCNc1nccc2occc12. The monoisotopic (exact) mass is 234 g/mol. The Balaban J connectivity index is 1.93. The molecule has 0 aliphatic rings. The van der Waals surface area contributed by atoms with Crippen LogP contribution in [0.5, 0.6) is 0 Å². The maximum Gasteiger partial charge on any atom is 0.139 e. The number of hydrogen-bond acceptors (Lipinski definition) is 4. The van der Waals surface area contributed by atoms with Gasteiger partial charge in [-0.05, 0) is 32.9 Å². The number of fused-ring (bicyclic) bond motifs is 1. The van der Waals surface area contributed by atoms with Crippen molar-refractivity contribution in [3.8, 4) is 0 Å². The van der Waals surface area contributed by atoms with E-state index in [1.165, 1.54) is 0 Å². The molecule has 92 valence electrons. The van der Waals surface area contributed by atoms with Crippen molar-refractivity contribution < 1.29 is 9.15 Å². The van der Waals surface area contributed by atoms with Crippen molar-refractivity contribution in [2.24, 2.45) is 0 Å². The lowest BCUT2D eigenvalue weighted by molar-refractivity contribution is 0.00332. The Kier molecular flexibility index (Phi) is 3.33. The van der Waals surface area contributed by atoms with Crippen molar-refractivity contribution in [1.82, 2.24) is 4.98 Å². The third kappa shape index (κ3) is 3.20. The van der Waals surface area contributed by atoms with Gasteiger partial charge in [0.2, 0.25) is 0 Å². The van der Waals surface area contributed by atoms with Crippen molar-refractivity contribution in [3.05, 3.63) is 24.6 Å². The smallest absolute Gasteiger partial charge is 0.139 e. The van der Waals surface area contributed by atoms with Gasteiger partial charge < -0.3 is 14.5 Å². The van der Waals surface area contributed by atoms with Crippen LogP contribution in [0.2, 0.25) is 0 Å². The topological polar surface area (TPSA) is 47.3 Å². The first-order valence-corrected chi connectivity index (χ1v) is 5.76. The van der Waals surface area contributed by atoms with E-state index in [0.29, 0.717) is 6.61 Å². The van der Waals surface area contributed by atoms with Crippen molar-refractivity contribution in [2.75, 3.05) is 18.5 Å². The fourth-order valence-electron chi connectivity index (χ4n) is 1.56. The minimum atomic E-state index is -0.100. The number of hydrogen-bond donors (Lipinski definition) is 1. The highest BCUT2D eigenvalue weighted by Crippen LogP contribution is 2.21. The molecule has 0 aromatic carbocycles. The van der Waals surface area contributed by atoms with E-state index in [0.717, 1.165) is 23.3 Å². The van der Waals surface area contributed by atoms with Crippen LogP contribution in [0, 0.1) is 0 Å². The quantitative estimate of drug-likeness (QED) is 0.826. The standard InChI is InChI=1S/C13H18N2O2/c1-13(2,3)17-9-7-15-12-10-5-8-16-11(10)4-6-14-12/h4-6,8H,7,9H2,1-3H3,(H,14,15). The maximum atomic E-state index is 5.63. The van der Waals surface area contributed by atoms with E-state index in [1.54, 1.807) is 12.5 Å². The highest BCUT2D eigenvalue weighted by atomic mass is 16.5. The second-order valence-corrected chi connectivity index (χ2v) is 4.88. The van der Waals surface area contributed by atoms with Crippen LogP contribution in [0.4, 0.5) is 5.82 Å². The van der Waals surface area contributed by atoms with Crippen molar-refractivity contribution >= 4 is 16.8 Å². The van der Waals surface area contributed by atoms with Gasteiger partial charge in [0, 0.05) is 12.7 Å². The number of pyridine rings is 1. The highest BCUT2D eigenvalue weighted by Gasteiger charge is 2.09. The minimum absolute atomic E-state index is 0.100. The van der Waals surface area contributed by atoms with E-state index in [1.807, 2.05) is 32.9 Å². The summed E-state index contributed by atoms with van der Waals surface area (Å²) in [5.74, 6) is 0.841. The zero-order valence-electron chi connectivity index (χ0n) is 10.5. The molecule has 0 amide bonds. The number of anilines is 1. The van der Waals surface area contributed by atoms with E-state index in [4.69, 9.17) is 9.15 Å². The number of aromatic nitrogens is 1. The lowest BCUT2D eigenvalue weighted by Gasteiger charge is -2.19. The first-order chi connectivity index (χ1) is 8.06. The fraction of sp³-hybridized carbons (Fsp3) is 0.462. The summed E-state index contributed by atoms with van der Waals surface area (Å²) in [4.78, 5) is 4.29. The van der Waals surface area contributed by atoms with Gasteiger partial charge >= 0.3 is 0 Å². The molecule has 0 saturated heterocycles. The summed E-state index contributed by atoms with van der Waals surface area (Å²) in [7, 11) is 0. The summed E-state index contributed by atoms with van der Waals surface area (Å²) in [5.41, 5.74) is 0.746. The van der Waals surface area contributed by atoms with Gasteiger partial charge in [-0.3, -0.25) is 0 Å². The Morgan fingerprint density at radius 1 is 1.35 bits per heavy atom. The number of furan rings is 1. The third-order valence-electron chi connectivity index (χ3n) is 2.31. The molecule has 0 radical (unpaired) electrons. The zero-order chi connectivity index (χ0) is 12.3. The van der Waals surface area contributed by atoms with Crippen molar-refractivity contribution in [3.63, 3.8) is 0 Å². The zero-order valence-corrected chi connectivity index (χ0v) is 10.5. The molecule has 4 heteroatoms. The molecule has 4 nitrogen and oxygen atoms in total. The molecule has 0 fully saturated rings. The molecule has 0 aliphatic heterocycles. The largest absolute Gasteiger partial charge is 0.464 e. The minimum Gasteiger partial charge on any atom is -0.464 e. The van der Waals surface area contributed by atoms with Crippen molar-refractivity contribution in [1.29, 1.82) is 0 Å². The molecular formula is C13H18N2O2. The van der Waals surface area contributed by atoms with Crippen LogP contribution in [0.25, 0.3) is 11.0 Å². The molecule has 2 aromatic heterocycles. The summed E-state index contributed by atoms with van der Waals surface area (Å²) in [6.45, 7) is 7.51. The Morgan fingerprint density at radius 2 is 2.18 bits per heavy atom. The summed E-state index contributed by atoms with van der Waals surface area (Å²) >= 11 is 0. The molecule has 2 rings (SSSR count). The van der Waals surface area contributed by atoms with E-state index >= 15 is 0 Å². The molecule has 0 saturated carbocycles. The first kappa shape index (κ1) is 11.9. The summed E-state index contributed by atoms with van der Waals surface area (Å²) in [6.07, 6.45) is 3.40. The molecule has 2 heterocycles. The van der Waals surface area contributed by atoms with E-state index < -0.39 is 0 Å². The van der Waals surface area contributed by atoms with Crippen LogP contribution in [-0.4, -0.2) is 23.7 Å². The number of nitrogens with zero attached hydrogens (tertiary/aromatic N) is 1. The van der Waals surface area contributed by atoms with Crippen LogP contribution in [0.3, 0.4) is 0 Å². The van der Waals surface area contributed by atoms with Crippen LogP contribution < -0.4 is 5.32 Å². The molecule has 17 heavy (non-hydrogen) atoms. The molecule has 0 aliphatic carbocycles. The number of nitrogens with one attached hydrogen (secondary N) is 1. The molecule has 2 aromatic rings. The summed E-state index contributed by atoms with van der Waals surface area (Å²) in [5, 5.41) is 4.25. The summed E-state index contributed by atoms with van der Waals surface area (Å²) in [6, 6.07) is 3.77. The van der Waals surface area contributed by atoms with Crippen LogP contribution in [0.1, 0.15) is 20.8 Å². The molecular weight excluding hydrogens is 216 g/mol. The second-order valence-electron chi connectivity index (χ2n) is 4.88. The normalized spacial score (nSPS) is 11.9. The Bertz CT molecular complexity index is 485. The lowest BCUT2D eigenvalue weighted by atomic mass is 10.2. The average molecular weight is 234 g/mol. The van der Waals surface area contributed by atoms with E-state index in [2.05, 4.69) is 10.3 Å². The van der Waals surface area contributed by atoms with Gasteiger partial charge in [0.15, 0.2) is 0 Å². The Labute approximate surface area is 101 Å². The fourth-order valence-corrected chi connectivity index (χ4v) is 1.56. The van der Waals surface area contributed by atoms with Gasteiger partial charge in [-0.15, -0.1) is 0 Å². The van der Waals surface area contributed by atoms with Gasteiger partial charge in [0.25, 0.3) is 0 Å². The molecule has 0 unspecified atom stereocenters. The van der Waals surface area contributed by atoms with Gasteiger partial charge in [-0.25, -0.2) is 4.98 Å². The number of ether oxygens (including phenoxy) is 1. The van der Waals surface area contributed by atoms with E-state index in [-0.39, 0.29) is 5.60 Å². The van der Waals surface area contributed by atoms with Crippen LogP contribution in [0.15, 0.2) is 29.0 Å². The third-order valence-corrected chi connectivity index (χ3v) is 2.31. The summed E-state index contributed by atoms with van der Waals surface area (Å²) < 4.78 is 10.9. The molecule has 0 spiro atoms. The van der Waals surface area contributed by atoms with E-state index in [9.17, 15) is 0 Å². The van der Waals surface area contributed by atoms with Gasteiger partial charge in [0.05, 0.1) is 23.9 Å². The molecule has 1 N–H and O–H groups in total. The van der Waals surface area contributed by atoms with Gasteiger partial charge in [0.1, 0.15) is 11.4 Å². The number of rotatable bonds is 4. The average Bonchev–Trinajstić information content (AvgIpc) is 2.71. The second kappa shape index (κ2) is 4.75. The maximum absolute atomic E-state index is 5.63. The predicted octanol–water partition coefficient (Wildman–Crippen LogP) is 3.05.